The smallest absolute Gasteiger partial charge is 0.0441 e. The molecule has 0 amide bonds. The Balaban J connectivity index is 3.78. The Labute approximate surface area is 82.7 Å². The van der Waals surface area contributed by atoms with Crippen LogP contribution in [0.25, 0.3) is 0 Å². The van der Waals surface area contributed by atoms with Crippen molar-refractivity contribution in [1.82, 2.24) is 0 Å². The predicted molar refractivity (Wildman–Crippen MR) is 57.8 cm³/mol. The molecule has 0 aromatic heterocycles. The first-order chi connectivity index (χ1) is 5.40. The van der Waals surface area contributed by atoms with Crippen molar-refractivity contribution in [2.24, 2.45) is 11.8 Å². The second kappa shape index (κ2) is 5.11. The third-order valence-electron chi connectivity index (χ3n) is 2.90. The van der Waals surface area contributed by atoms with Crippen molar-refractivity contribution < 1.29 is 0 Å². The molecule has 12 heavy (non-hydrogen) atoms. The van der Waals surface area contributed by atoms with Crippen LogP contribution in [0, 0.1) is 11.8 Å². The number of alkyl halides is 1. The summed E-state index contributed by atoms with van der Waals surface area (Å²) < 4.78 is 0. The molecule has 0 aromatic rings. The molecule has 1 heteroatoms. The van der Waals surface area contributed by atoms with Gasteiger partial charge in [0, 0.05) is 4.87 Å². The van der Waals surface area contributed by atoms with E-state index in [1.165, 1.54) is 12.8 Å². The van der Waals surface area contributed by atoms with Gasteiger partial charge in [-0.3, -0.25) is 0 Å². The zero-order valence-electron chi connectivity index (χ0n) is 9.15. The summed E-state index contributed by atoms with van der Waals surface area (Å²) in [6, 6.07) is 0. The Bertz CT molecular complexity index is 116. The molecule has 0 saturated heterocycles. The van der Waals surface area contributed by atoms with Gasteiger partial charge in [0.15, 0.2) is 0 Å². The number of hydrogen-bond donors (Lipinski definition) is 0. The van der Waals surface area contributed by atoms with E-state index in [0.717, 1.165) is 12.3 Å². The molecular weight excluding hydrogens is 168 g/mol. The van der Waals surface area contributed by atoms with E-state index in [2.05, 4.69) is 34.6 Å². The van der Waals surface area contributed by atoms with Gasteiger partial charge in [0.2, 0.25) is 0 Å². The molecule has 0 spiro atoms. The van der Waals surface area contributed by atoms with Gasteiger partial charge in [-0.15, -0.1) is 11.6 Å². The Kier molecular flexibility index (Phi) is 5.24. The third kappa shape index (κ3) is 4.35. The molecule has 0 aliphatic heterocycles. The van der Waals surface area contributed by atoms with Gasteiger partial charge >= 0.3 is 0 Å². The van der Waals surface area contributed by atoms with Crippen LogP contribution in [-0.2, 0) is 0 Å². The monoisotopic (exact) mass is 190 g/mol. The second-order valence-corrected chi connectivity index (χ2v) is 5.37. The average molecular weight is 191 g/mol. The van der Waals surface area contributed by atoms with E-state index in [4.69, 9.17) is 11.6 Å². The molecule has 0 radical (unpaired) electrons. The minimum absolute atomic E-state index is 0.00882. The molecule has 0 aliphatic carbocycles. The van der Waals surface area contributed by atoms with E-state index in [1.807, 2.05) is 0 Å². The SMILES string of the molecule is CCC(C)(Cl)C(C)CCC(C)C. The van der Waals surface area contributed by atoms with E-state index in [-0.39, 0.29) is 4.87 Å². The van der Waals surface area contributed by atoms with E-state index in [0.29, 0.717) is 5.92 Å². The third-order valence-corrected chi connectivity index (χ3v) is 3.54. The van der Waals surface area contributed by atoms with Crippen LogP contribution in [-0.4, -0.2) is 4.87 Å². The zero-order chi connectivity index (χ0) is 9.78. The lowest BCUT2D eigenvalue weighted by atomic mass is 9.87. The molecule has 0 bridgehead atoms. The molecule has 0 heterocycles. The number of hydrogen-bond acceptors (Lipinski definition) is 0. The van der Waals surface area contributed by atoms with Crippen LogP contribution in [0.4, 0.5) is 0 Å². The van der Waals surface area contributed by atoms with Crippen LogP contribution in [0.1, 0.15) is 53.9 Å². The molecular formula is C11H23Cl. The van der Waals surface area contributed by atoms with E-state index in [1.54, 1.807) is 0 Å². The van der Waals surface area contributed by atoms with Gasteiger partial charge in [0.25, 0.3) is 0 Å². The maximum absolute atomic E-state index is 6.35. The molecule has 0 aliphatic rings. The summed E-state index contributed by atoms with van der Waals surface area (Å²) in [5.74, 6) is 1.43. The average Bonchev–Trinajstić information content (AvgIpc) is 2.00. The predicted octanol–water partition coefficient (Wildman–Crippen LogP) is 4.47. The second-order valence-electron chi connectivity index (χ2n) is 4.50. The van der Waals surface area contributed by atoms with Crippen LogP contribution in [0.5, 0.6) is 0 Å². The highest BCUT2D eigenvalue weighted by Crippen LogP contribution is 2.32. The highest BCUT2D eigenvalue weighted by Gasteiger charge is 2.25. The van der Waals surface area contributed by atoms with Crippen LogP contribution in [0.15, 0.2) is 0 Å². The molecule has 0 nitrogen and oxygen atoms in total. The standard InChI is InChI=1S/C11H23Cl/c1-6-11(5,12)10(4)8-7-9(2)3/h9-10H,6-8H2,1-5H3. The first kappa shape index (κ1) is 12.3. The van der Waals surface area contributed by atoms with Crippen molar-refractivity contribution in [3.8, 4) is 0 Å². The molecule has 74 valence electrons. The van der Waals surface area contributed by atoms with Crippen molar-refractivity contribution in [2.75, 3.05) is 0 Å². The molecule has 2 atom stereocenters. The quantitative estimate of drug-likeness (QED) is 0.562. The zero-order valence-corrected chi connectivity index (χ0v) is 9.91. The Morgan fingerprint density at radius 3 is 2.00 bits per heavy atom. The lowest BCUT2D eigenvalue weighted by Gasteiger charge is -2.28. The van der Waals surface area contributed by atoms with Gasteiger partial charge in [-0.05, 0) is 31.6 Å². The van der Waals surface area contributed by atoms with Crippen LogP contribution in [0.3, 0.4) is 0 Å². The molecule has 0 aromatic carbocycles. The fourth-order valence-electron chi connectivity index (χ4n) is 1.23. The lowest BCUT2D eigenvalue weighted by Crippen LogP contribution is -2.25. The Morgan fingerprint density at radius 1 is 1.17 bits per heavy atom. The molecule has 0 rings (SSSR count). The highest BCUT2D eigenvalue weighted by atomic mass is 35.5. The summed E-state index contributed by atoms with van der Waals surface area (Å²) in [5, 5.41) is 0. The first-order valence-corrected chi connectivity index (χ1v) is 5.46. The summed E-state index contributed by atoms with van der Waals surface area (Å²) in [5.41, 5.74) is 0. The molecule has 0 N–H and O–H groups in total. The van der Waals surface area contributed by atoms with Crippen LogP contribution < -0.4 is 0 Å². The maximum Gasteiger partial charge on any atom is 0.0441 e. The van der Waals surface area contributed by atoms with Gasteiger partial charge in [-0.2, -0.15) is 0 Å². The van der Waals surface area contributed by atoms with Gasteiger partial charge in [-0.25, -0.2) is 0 Å². The summed E-state index contributed by atoms with van der Waals surface area (Å²) in [7, 11) is 0. The molecule has 0 saturated carbocycles. The van der Waals surface area contributed by atoms with Crippen molar-refractivity contribution >= 4 is 11.6 Å². The van der Waals surface area contributed by atoms with Crippen molar-refractivity contribution in [3.63, 3.8) is 0 Å². The van der Waals surface area contributed by atoms with E-state index < -0.39 is 0 Å². The fraction of sp³-hybridized carbons (Fsp3) is 1.00. The summed E-state index contributed by atoms with van der Waals surface area (Å²) in [4.78, 5) is 0.00882. The largest absolute Gasteiger partial charge is 0.119 e. The summed E-state index contributed by atoms with van der Waals surface area (Å²) in [6.45, 7) is 11.1. The highest BCUT2D eigenvalue weighted by molar-refractivity contribution is 6.23. The summed E-state index contributed by atoms with van der Waals surface area (Å²) in [6.07, 6.45) is 3.61. The van der Waals surface area contributed by atoms with Gasteiger partial charge < -0.3 is 0 Å². The summed E-state index contributed by atoms with van der Waals surface area (Å²) >= 11 is 6.35. The minimum atomic E-state index is 0.00882. The molecule has 0 fully saturated rings. The van der Waals surface area contributed by atoms with E-state index >= 15 is 0 Å². The van der Waals surface area contributed by atoms with Gasteiger partial charge in [-0.1, -0.05) is 34.1 Å². The fourth-order valence-corrected chi connectivity index (χ4v) is 1.34. The van der Waals surface area contributed by atoms with Crippen molar-refractivity contribution in [2.45, 2.75) is 58.8 Å². The van der Waals surface area contributed by atoms with Gasteiger partial charge in [0.05, 0.1) is 0 Å². The van der Waals surface area contributed by atoms with E-state index in [9.17, 15) is 0 Å². The minimum Gasteiger partial charge on any atom is -0.119 e. The maximum atomic E-state index is 6.35. The van der Waals surface area contributed by atoms with Crippen LogP contribution in [0.2, 0.25) is 0 Å². The Morgan fingerprint density at radius 2 is 1.67 bits per heavy atom. The number of rotatable bonds is 5. The Hall–Kier alpha value is 0.290. The topological polar surface area (TPSA) is 0 Å². The lowest BCUT2D eigenvalue weighted by molar-refractivity contribution is 0.356. The van der Waals surface area contributed by atoms with Crippen LogP contribution >= 0.6 is 11.6 Å². The first-order valence-electron chi connectivity index (χ1n) is 5.09. The van der Waals surface area contributed by atoms with Crippen molar-refractivity contribution in [1.29, 1.82) is 0 Å². The normalized spacial score (nSPS) is 19.2. The van der Waals surface area contributed by atoms with Crippen molar-refractivity contribution in [3.05, 3.63) is 0 Å². The molecule has 2 unspecified atom stereocenters. The number of halogens is 1. The van der Waals surface area contributed by atoms with Gasteiger partial charge in [0.1, 0.15) is 0 Å².